The number of carbonyl (C=O) groups is 1. The van der Waals surface area contributed by atoms with E-state index in [0.717, 1.165) is 30.8 Å². The Morgan fingerprint density at radius 2 is 2.04 bits per heavy atom. The van der Waals surface area contributed by atoms with Crippen LogP contribution in [0.1, 0.15) is 30.7 Å². The van der Waals surface area contributed by atoms with Gasteiger partial charge in [-0.3, -0.25) is 9.67 Å². The lowest BCUT2D eigenvalue weighted by Gasteiger charge is -2.36. The molecular formula is C21H27N5O2. The van der Waals surface area contributed by atoms with E-state index < -0.39 is 0 Å². The van der Waals surface area contributed by atoms with Crippen LogP contribution in [0.2, 0.25) is 0 Å². The first-order chi connectivity index (χ1) is 13.5. The highest BCUT2D eigenvalue weighted by molar-refractivity contribution is 5.91. The van der Waals surface area contributed by atoms with E-state index in [9.17, 15) is 4.79 Å². The Kier molecular flexibility index (Phi) is 5.07. The van der Waals surface area contributed by atoms with Crippen molar-refractivity contribution >= 4 is 23.4 Å². The van der Waals surface area contributed by atoms with Gasteiger partial charge in [-0.05, 0) is 23.6 Å². The van der Waals surface area contributed by atoms with Crippen molar-refractivity contribution in [3.63, 3.8) is 0 Å². The normalized spacial score (nSPS) is 16.4. The van der Waals surface area contributed by atoms with E-state index in [1.807, 2.05) is 44.2 Å². The maximum Gasteiger partial charge on any atom is 0.409 e. The quantitative estimate of drug-likeness (QED) is 0.815. The zero-order valence-electron chi connectivity index (χ0n) is 16.8. The predicted octanol–water partition coefficient (Wildman–Crippen LogP) is 2.83. The van der Waals surface area contributed by atoms with Crippen molar-refractivity contribution in [2.75, 3.05) is 37.7 Å². The van der Waals surface area contributed by atoms with E-state index in [2.05, 4.69) is 27.1 Å². The number of ether oxygens (including phenoxy) is 1. The number of nitrogens with zero attached hydrogens (tertiary/aromatic N) is 5. The number of pyridine rings is 1. The average molecular weight is 381 g/mol. The lowest BCUT2D eigenvalue weighted by Crippen LogP contribution is -2.49. The van der Waals surface area contributed by atoms with Crippen LogP contribution >= 0.6 is 0 Å². The van der Waals surface area contributed by atoms with E-state index in [-0.39, 0.29) is 6.09 Å². The fourth-order valence-electron chi connectivity index (χ4n) is 3.72. The highest BCUT2D eigenvalue weighted by Gasteiger charge is 2.26. The second-order valence-corrected chi connectivity index (χ2v) is 7.88. The van der Waals surface area contributed by atoms with Crippen LogP contribution in [0.5, 0.6) is 0 Å². The van der Waals surface area contributed by atoms with Gasteiger partial charge in [0.05, 0.1) is 18.5 Å². The van der Waals surface area contributed by atoms with Crippen molar-refractivity contribution in [2.24, 2.45) is 13.0 Å². The van der Waals surface area contributed by atoms with Gasteiger partial charge in [0.1, 0.15) is 0 Å². The van der Waals surface area contributed by atoms with Gasteiger partial charge in [0, 0.05) is 68.9 Å². The lowest BCUT2D eigenvalue weighted by atomic mass is 10.1. The molecule has 2 aromatic rings. The maximum atomic E-state index is 12.2. The van der Waals surface area contributed by atoms with E-state index in [1.165, 1.54) is 16.8 Å². The predicted molar refractivity (Wildman–Crippen MR) is 109 cm³/mol. The van der Waals surface area contributed by atoms with Gasteiger partial charge in [0.15, 0.2) is 0 Å². The fourth-order valence-corrected chi connectivity index (χ4v) is 3.72. The third kappa shape index (κ3) is 3.74. The Bertz CT molecular complexity index is 894. The van der Waals surface area contributed by atoms with E-state index >= 15 is 0 Å². The minimum Gasteiger partial charge on any atom is -0.449 e. The number of aromatic nitrogens is 3. The van der Waals surface area contributed by atoms with E-state index in [4.69, 9.17) is 4.74 Å². The van der Waals surface area contributed by atoms with Crippen molar-refractivity contribution in [1.29, 1.82) is 0 Å². The minimum atomic E-state index is -0.202. The molecule has 1 saturated heterocycles. The summed E-state index contributed by atoms with van der Waals surface area (Å²) in [6, 6.07) is 2.08. The third-order valence-electron chi connectivity index (χ3n) is 5.22. The molecule has 1 aliphatic carbocycles. The first kappa shape index (κ1) is 18.5. The van der Waals surface area contributed by atoms with Crippen molar-refractivity contribution < 1.29 is 9.53 Å². The van der Waals surface area contributed by atoms with Crippen LogP contribution < -0.4 is 4.90 Å². The van der Waals surface area contributed by atoms with Crippen molar-refractivity contribution in [3.05, 3.63) is 41.5 Å². The summed E-state index contributed by atoms with van der Waals surface area (Å²) < 4.78 is 7.19. The number of rotatable bonds is 4. The summed E-state index contributed by atoms with van der Waals surface area (Å²) in [5.41, 5.74) is 5.88. The van der Waals surface area contributed by atoms with E-state index in [1.54, 1.807) is 4.90 Å². The molecule has 0 aromatic carbocycles. The number of carbonyl (C=O) groups excluding carboxylic acids is 1. The highest BCUT2D eigenvalue weighted by atomic mass is 16.6. The Hall–Kier alpha value is -2.83. The van der Waals surface area contributed by atoms with Crippen molar-refractivity contribution in [3.8, 4) is 0 Å². The lowest BCUT2D eigenvalue weighted by molar-refractivity contribution is 0.0901. The second-order valence-electron chi connectivity index (χ2n) is 7.88. The number of fused-ring (bicyclic) bond motifs is 1. The number of anilines is 1. The van der Waals surface area contributed by atoms with Crippen LogP contribution in [0.15, 0.2) is 24.7 Å². The van der Waals surface area contributed by atoms with Crippen molar-refractivity contribution in [1.82, 2.24) is 19.7 Å². The number of aryl methyl sites for hydroxylation is 1. The molecule has 1 fully saturated rings. The number of hydrogen-bond donors (Lipinski definition) is 0. The molecule has 7 nitrogen and oxygen atoms in total. The van der Waals surface area contributed by atoms with Crippen LogP contribution in [0, 0.1) is 5.92 Å². The smallest absolute Gasteiger partial charge is 0.409 e. The van der Waals surface area contributed by atoms with Gasteiger partial charge in [0.25, 0.3) is 0 Å². The molecule has 4 rings (SSSR count). The summed E-state index contributed by atoms with van der Waals surface area (Å²) in [4.78, 5) is 20.9. The average Bonchev–Trinajstić information content (AvgIpc) is 3.32. The van der Waals surface area contributed by atoms with Gasteiger partial charge in [-0.15, -0.1) is 0 Å². The second kappa shape index (κ2) is 7.66. The van der Waals surface area contributed by atoms with Gasteiger partial charge < -0.3 is 14.5 Å². The monoisotopic (exact) mass is 381 g/mol. The molecular weight excluding hydrogens is 354 g/mol. The summed E-state index contributed by atoms with van der Waals surface area (Å²) >= 11 is 0. The summed E-state index contributed by atoms with van der Waals surface area (Å²) in [7, 11) is 1.93. The largest absolute Gasteiger partial charge is 0.449 e. The molecule has 0 N–H and O–H groups in total. The summed E-state index contributed by atoms with van der Waals surface area (Å²) in [5.74, 6) is 0.352. The molecule has 3 heterocycles. The van der Waals surface area contributed by atoms with E-state index in [0.29, 0.717) is 25.6 Å². The van der Waals surface area contributed by atoms with Crippen LogP contribution in [-0.4, -0.2) is 58.5 Å². The summed E-state index contributed by atoms with van der Waals surface area (Å²) in [6.07, 6.45) is 8.69. The molecule has 0 radical (unpaired) electrons. The fraction of sp³-hybridized carbons (Fsp3) is 0.476. The molecule has 2 aliphatic rings. The van der Waals surface area contributed by atoms with Crippen molar-refractivity contribution in [2.45, 2.75) is 20.3 Å². The molecule has 2 aromatic heterocycles. The molecule has 28 heavy (non-hydrogen) atoms. The van der Waals surface area contributed by atoms with Gasteiger partial charge in [-0.25, -0.2) is 4.79 Å². The zero-order chi connectivity index (χ0) is 19.7. The number of hydrogen-bond acceptors (Lipinski definition) is 5. The Labute approximate surface area is 165 Å². The molecule has 0 unspecified atom stereocenters. The molecule has 0 spiro atoms. The zero-order valence-corrected chi connectivity index (χ0v) is 16.8. The first-order valence-electron chi connectivity index (χ1n) is 9.85. The number of allylic oxidation sites excluding steroid dienone is 1. The van der Waals surface area contributed by atoms with Crippen LogP contribution in [0.4, 0.5) is 10.5 Å². The minimum absolute atomic E-state index is 0.202. The highest BCUT2D eigenvalue weighted by Crippen LogP contribution is 2.36. The van der Waals surface area contributed by atoms with Crippen LogP contribution in [0.25, 0.3) is 11.6 Å². The number of piperazine rings is 1. The van der Waals surface area contributed by atoms with Gasteiger partial charge in [-0.2, -0.15) is 5.10 Å². The molecule has 148 valence electrons. The molecule has 1 amide bonds. The van der Waals surface area contributed by atoms with Gasteiger partial charge >= 0.3 is 6.09 Å². The third-order valence-corrected chi connectivity index (χ3v) is 5.22. The summed E-state index contributed by atoms with van der Waals surface area (Å²) in [6.45, 7) is 7.50. The molecule has 1 aliphatic heterocycles. The maximum absolute atomic E-state index is 12.2. The molecule has 0 saturated carbocycles. The summed E-state index contributed by atoms with van der Waals surface area (Å²) in [5, 5.41) is 4.28. The molecule has 0 atom stereocenters. The van der Waals surface area contributed by atoms with Crippen LogP contribution in [0.3, 0.4) is 0 Å². The SMILES string of the molecule is CC(C)COC(=O)N1CCN(c2ccnc3c2C=C(c2cnn(C)c2)C3)CC1. The first-order valence-corrected chi connectivity index (χ1v) is 9.85. The number of amides is 1. The Morgan fingerprint density at radius 3 is 2.71 bits per heavy atom. The van der Waals surface area contributed by atoms with Gasteiger partial charge in [0.2, 0.25) is 0 Å². The Morgan fingerprint density at radius 1 is 1.25 bits per heavy atom. The molecule has 0 bridgehead atoms. The van der Waals surface area contributed by atoms with Crippen LogP contribution in [-0.2, 0) is 18.2 Å². The topological polar surface area (TPSA) is 63.5 Å². The molecule has 7 heteroatoms. The Balaban J connectivity index is 1.45. The standard InChI is InChI=1S/C21H27N5O2/c1-15(2)14-28-21(27)26-8-6-25(7-9-26)20-4-5-22-19-11-16(10-18(19)20)17-12-23-24(3)13-17/h4-5,10,12-13,15H,6-9,11,14H2,1-3H3. The van der Waals surface area contributed by atoms with Gasteiger partial charge in [-0.1, -0.05) is 13.8 Å².